The Morgan fingerprint density at radius 1 is 1.22 bits per heavy atom. The Bertz CT molecular complexity index is 786. The van der Waals surface area contributed by atoms with Crippen molar-refractivity contribution >= 4 is 28.2 Å². The number of guanidine groups is 1. The van der Waals surface area contributed by atoms with E-state index in [-0.39, 0.29) is 17.7 Å². The maximum atomic E-state index is 13.3. The molecule has 3 rings (SSSR count). The summed E-state index contributed by atoms with van der Waals surface area (Å²) in [5.41, 5.74) is 11.6. The van der Waals surface area contributed by atoms with E-state index in [9.17, 15) is 9.18 Å². The highest BCUT2D eigenvalue weighted by Crippen LogP contribution is 2.46. The summed E-state index contributed by atoms with van der Waals surface area (Å²) in [5.74, 6) is -0.977. The standard InChI is InChI=1S/C16H17FN4OS/c1-16(11-7-8-12(18)23-11)13(9-3-5-10(17)6-4-9)14(22)21(2)15(19)20-16/h3-8,13H,18H2,1-2H3,(H2,19,20)/t13-,16+/m0/s1. The van der Waals surface area contributed by atoms with Gasteiger partial charge >= 0.3 is 0 Å². The highest BCUT2D eigenvalue weighted by molar-refractivity contribution is 7.16. The van der Waals surface area contributed by atoms with Crippen molar-refractivity contribution in [2.24, 2.45) is 10.7 Å². The smallest absolute Gasteiger partial charge is 0.239 e. The van der Waals surface area contributed by atoms with Gasteiger partial charge in [0.25, 0.3) is 0 Å². The van der Waals surface area contributed by atoms with Crippen molar-refractivity contribution in [1.82, 2.24) is 4.90 Å². The zero-order valence-corrected chi connectivity index (χ0v) is 13.6. The molecular formula is C16H17FN4OS. The molecule has 120 valence electrons. The van der Waals surface area contributed by atoms with Crippen LogP contribution in [0.4, 0.5) is 9.39 Å². The van der Waals surface area contributed by atoms with Gasteiger partial charge in [0.2, 0.25) is 5.91 Å². The molecule has 2 aromatic rings. The molecule has 23 heavy (non-hydrogen) atoms. The third-order valence-electron chi connectivity index (χ3n) is 4.16. The Morgan fingerprint density at radius 3 is 2.43 bits per heavy atom. The van der Waals surface area contributed by atoms with E-state index in [0.717, 1.165) is 4.88 Å². The SMILES string of the molecule is CN1C(=O)[C@H](c2ccc(F)cc2)[C@@](C)(c2ccc(N)s2)N=C1N. The lowest BCUT2D eigenvalue weighted by Crippen LogP contribution is -2.52. The molecule has 1 aromatic carbocycles. The molecule has 0 saturated heterocycles. The lowest BCUT2D eigenvalue weighted by atomic mass is 9.78. The summed E-state index contributed by atoms with van der Waals surface area (Å²) in [6.07, 6.45) is 0. The number of carbonyl (C=O) groups is 1. The number of rotatable bonds is 2. The van der Waals surface area contributed by atoms with Crippen LogP contribution in [-0.4, -0.2) is 23.8 Å². The number of hydrogen-bond acceptors (Lipinski definition) is 5. The number of carbonyl (C=O) groups excluding carboxylic acids is 1. The van der Waals surface area contributed by atoms with E-state index >= 15 is 0 Å². The Balaban J connectivity index is 2.20. The molecule has 1 aromatic heterocycles. The Hall–Kier alpha value is -2.41. The van der Waals surface area contributed by atoms with Crippen molar-refractivity contribution in [3.8, 4) is 0 Å². The molecule has 4 N–H and O–H groups in total. The number of halogens is 1. The maximum absolute atomic E-state index is 13.3. The number of nitrogens with zero attached hydrogens (tertiary/aromatic N) is 2. The second kappa shape index (κ2) is 5.34. The topological polar surface area (TPSA) is 84.7 Å². The predicted octanol–water partition coefficient (Wildman–Crippen LogP) is 2.26. The monoisotopic (exact) mass is 332 g/mol. The highest BCUT2D eigenvalue weighted by atomic mass is 32.1. The van der Waals surface area contributed by atoms with Crippen LogP contribution in [0, 0.1) is 5.82 Å². The van der Waals surface area contributed by atoms with E-state index in [2.05, 4.69) is 4.99 Å². The molecule has 2 atom stereocenters. The zero-order valence-electron chi connectivity index (χ0n) is 12.8. The van der Waals surface area contributed by atoms with Gasteiger partial charge in [-0.05, 0) is 36.8 Å². The fraction of sp³-hybridized carbons (Fsp3) is 0.250. The van der Waals surface area contributed by atoms with Gasteiger partial charge in [0.1, 0.15) is 11.4 Å². The first-order chi connectivity index (χ1) is 10.8. The van der Waals surface area contributed by atoms with Gasteiger partial charge in [-0.1, -0.05) is 12.1 Å². The van der Waals surface area contributed by atoms with Crippen molar-refractivity contribution in [3.63, 3.8) is 0 Å². The Kier molecular flexibility index (Phi) is 3.60. The van der Waals surface area contributed by atoms with Crippen LogP contribution >= 0.6 is 11.3 Å². The lowest BCUT2D eigenvalue weighted by molar-refractivity contribution is -0.130. The van der Waals surface area contributed by atoms with Gasteiger partial charge < -0.3 is 11.5 Å². The molecule has 0 radical (unpaired) electrons. The minimum atomic E-state index is -0.881. The predicted molar refractivity (Wildman–Crippen MR) is 89.6 cm³/mol. The van der Waals surface area contributed by atoms with Gasteiger partial charge in [0, 0.05) is 11.9 Å². The number of anilines is 1. The van der Waals surface area contributed by atoms with Crippen molar-refractivity contribution < 1.29 is 9.18 Å². The molecule has 0 aliphatic carbocycles. The molecular weight excluding hydrogens is 315 g/mol. The number of nitrogens with two attached hydrogens (primary N) is 2. The number of amides is 1. The number of thiophene rings is 1. The molecule has 0 saturated carbocycles. The quantitative estimate of drug-likeness (QED) is 0.884. The van der Waals surface area contributed by atoms with E-state index in [0.29, 0.717) is 10.6 Å². The summed E-state index contributed by atoms with van der Waals surface area (Å²) >= 11 is 1.37. The van der Waals surface area contributed by atoms with Crippen molar-refractivity contribution in [1.29, 1.82) is 0 Å². The summed E-state index contributed by atoms with van der Waals surface area (Å²) in [4.78, 5) is 19.6. The van der Waals surface area contributed by atoms with Crippen LogP contribution in [0.1, 0.15) is 23.3 Å². The molecule has 0 fully saturated rings. The van der Waals surface area contributed by atoms with Crippen LogP contribution in [-0.2, 0) is 10.3 Å². The molecule has 1 amide bonds. The number of hydrogen-bond donors (Lipinski definition) is 2. The summed E-state index contributed by atoms with van der Waals surface area (Å²) in [7, 11) is 1.58. The Labute approximate surface area is 137 Å². The van der Waals surface area contributed by atoms with E-state index in [1.165, 1.54) is 28.4 Å². The summed E-state index contributed by atoms with van der Waals surface area (Å²) in [6, 6.07) is 9.53. The average Bonchev–Trinajstić information content (AvgIpc) is 2.94. The van der Waals surface area contributed by atoms with Gasteiger partial charge in [-0.2, -0.15) is 0 Å². The minimum absolute atomic E-state index is 0.155. The highest BCUT2D eigenvalue weighted by Gasteiger charge is 2.47. The first kappa shape index (κ1) is 15.5. The van der Waals surface area contributed by atoms with Crippen LogP contribution in [0.3, 0.4) is 0 Å². The molecule has 0 spiro atoms. The van der Waals surface area contributed by atoms with E-state index < -0.39 is 11.5 Å². The van der Waals surface area contributed by atoms with Crippen molar-refractivity contribution in [2.45, 2.75) is 18.4 Å². The van der Waals surface area contributed by atoms with Crippen LogP contribution < -0.4 is 11.5 Å². The summed E-state index contributed by atoms with van der Waals surface area (Å²) in [5, 5.41) is 0.638. The van der Waals surface area contributed by atoms with Crippen molar-refractivity contribution in [2.75, 3.05) is 12.8 Å². The first-order valence-corrected chi connectivity index (χ1v) is 7.88. The van der Waals surface area contributed by atoms with Gasteiger partial charge in [0.05, 0.1) is 10.9 Å². The molecule has 1 aliphatic rings. The number of benzene rings is 1. The zero-order chi connectivity index (χ0) is 16.8. The van der Waals surface area contributed by atoms with Gasteiger partial charge in [0.15, 0.2) is 5.96 Å². The maximum Gasteiger partial charge on any atom is 0.239 e. The summed E-state index contributed by atoms with van der Waals surface area (Å²) < 4.78 is 13.3. The second-order valence-electron chi connectivity index (χ2n) is 5.70. The average molecular weight is 332 g/mol. The molecule has 1 aliphatic heterocycles. The van der Waals surface area contributed by atoms with E-state index in [4.69, 9.17) is 11.5 Å². The Morgan fingerprint density at radius 2 is 1.87 bits per heavy atom. The molecule has 2 heterocycles. The van der Waals surface area contributed by atoms with Gasteiger partial charge in [-0.15, -0.1) is 11.3 Å². The van der Waals surface area contributed by atoms with E-state index in [1.54, 1.807) is 25.2 Å². The van der Waals surface area contributed by atoms with Crippen LogP contribution in [0.25, 0.3) is 0 Å². The van der Waals surface area contributed by atoms with Crippen molar-refractivity contribution in [3.05, 3.63) is 52.7 Å². The largest absolute Gasteiger partial charge is 0.391 e. The van der Waals surface area contributed by atoms with Gasteiger partial charge in [-0.3, -0.25) is 9.69 Å². The molecule has 0 bridgehead atoms. The lowest BCUT2D eigenvalue weighted by Gasteiger charge is -2.40. The molecule has 0 unspecified atom stereocenters. The number of aliphatic imine (C=N–C) groups is 1. The summed E-state index contributed by atoms with van der Waals surface area (Å²) in [6.45, 7) is 1.85. The van der Waals surface area contributed by atoms with E-state index in [1.807, 2.05) is 13.0 Å². The third-order valence-corrected chi connectivity index (χ3v) is 5.30. The number of likely N-dealkylation sites (N-methyl/N-ethyl adjacent to an activating group) is 1. The minimum Gasteiger partial charge on any atom is -0.391 e. The number of nitrogen functional groups attached to an aromatic ring is 1. The molecule has 5 nitrogen and oxygen atoms in total. The molecule has 7 heteroatoms. The van der Waals surface area contributed by atoms with Crippen LogP contribution in [0.5, 0.6) is 0 Å². The van der Waals surface area contributed by atoms with Crippen LogP contribution in [0.2, 0.25) is 0 Å². The second-order valence-corrected chi connectivity index (χ2v) is 6.82. The normalized spacial score (nSPS) is 24.7. The first-order valence-electron chi connectivity index (χ1n) is 7.07. The fourth-order valence-electron chi connectivity index (χ4n) is 2.87. The fourth-order valence-corrected chi connectivity index (χ4v) is 3.77. The van der Waals surface area contributed by atoms with Gasteiger partial charge in [-0.25, -0.2) is 9.38 Å². The van der Waals surface area contributed by atoms with Crippen LogP contribution in [0.15, 0.2) is 41.4 Å². The third kappa shape index (κ3) is 2.46.